The fraction of sp³-hybridized carbons (Fsp3) is 0.381. The van der Waals surface area contributed by atoms with Gasteiger partial charge < -0.3 is 16.0 Å². The highest BCUT2D eigenvalue weighted by Gasteiger charge is 2.33. The number of nitrogens with two attached hydrogens (primary N) is 1. The third-order valence-electron chi connectivity index (χ3n) is 5.80. The summed E-state index contributed by atoms with van der Waals surface area (Å²) in [4.78, 5) is 29.3. The van der Waals surface area contributed by atoms with Crippen LogP contribution < -0.4 is 21.5 Å². The minimum absolute atomic E-state index is 0.00795. The van der Waals surface area contributed by atoms with Crippen molar-refractivity contribution in [2.24, 2.45) is 12.8 Å². The van der Waals surface area contributed by atoms with Crippen LogP contribution in [0.2, 0.25) is 0 Å². The molecule has 0 bridgehead atoms. The van der Waals surface area contributed by atoms with Gasteiger partial charge in [0, 0.05) is 49.9 Å². The Kier molecular flexibility index (Phi) is 5.89. The quantitative estimate of drug-likeness (QED) is 0.423. The molecule has 3 aromatic rings. The van der Waals surface area contributed by atoms with Crippen LogP contribution in [-0.2, 0) is 13.2 Å². The van der Waals surface area contributed by atoms with Crippen molar-refractivity contribution in [2.75, 3.05) is 23.3 Å². The van der Waals surface area contributed by atoms with Crippen molar-refractivity contribution in [1.29, 1.82) is 0 Å². The number of aryl methyl sites for hydroxylation is 1. The maximum absolute atomic E-state index is 13.3. The van der Waals surface area contributed by atoms with Crippen molar-refractivity contribution in [3.05, 3.63) is 62.1 Å². The van der Waals surface area contributed by atoms with E-state index in [1.54, 1.807) is 13.0 Å². The maximum atomic E-state index is 13.3. The van der Waals surface area contributed by atoms with E-state index in [9.17, 15) is 28.1 Å². The molecule has 0 radical (unpaired) electrons. The lowest BCUT2D eigenvalue weighted by Crippen LogP contribution is -2.27. The van der Waals surface area contributed by atoms with Crippen molar-refractivity contribution in [3.8, 4) is 0 Å². The van der Waals surface area contributed by atoms with E-state index in [-0.39, 0.29) is 28.4 Å². The molecule has 1 aliphatic heterocycles. The van der Waals surface area contributed by atoms with Crippen LogP contribution in [0, 0.1) is 10.1 Å². The van der Waals surface area contributed by atoms with Crippen LogP contribution in [0.25, 0.3) is 10.8 Å². The molecule has 180 valence electrons. The molecule has 13 heteroatoms. The molecule has 0 aliphatic carbocycles. The number of nitrogens with one attached hydrogen (secondary N) is 1. The van der Waals surface area contributed by atoms with E-state index >= 15 is 0 Å². The zero-order valence-electron chi connectivity index (χ0n) is 18.3. The summed E-state index contributed by atoms with van der Waals surface area (Å²) in [6.45, 7) is 2.86. The first kappa shape index (κ1) is 23.4. The van der Waals surface area contributed by atoms with Crippen LogP contribution in [0.3, 0.4) is 0 Å². The number of nitrogens with zero attached hydrogens (tertiary/aromatic N) is 5. The van der Waals surface area contributed by atoms with E-state index in [1.165, 1.54) is 13.2 Å². The summed E-state index contributed by atoms with van der Waals surface area (Å²) < 4.78 is 41.0. The summed E-state index contributed by atoms with van der Waals surface area (Å²) >= 11 is 0. The van der Waals surface area contributed by atoms with Crippen molar-refractivity contribution in [1.82, 2.24) is 14.8 Å². The second-order valence-corrected chi connectivity index (χ2v) is 8.29. The van der Waals surface area contributed by atoms with Gasteiger partial charge in [-0.3, -0.25) is 14.9 Å². The molecule has 1 fully saturated rings. The van der Waals surface area contributed by atoms with Gasteiger partial charge in [-0.25, -0.2) is 9.67 Å². The van der Waals surface area contributed by atoms with E-state index in [2.05, 4.69) is 15.4 Å². The fourth-order valence-corrected chi connectivity index (χ4v) is 3.95. The second kappa shape index (κ2) is 8.56. The van der Waals surface area contributed by atoms with Gasteiger partial charge in [0.15, 0.2) is 5.82 Å². The zero-order chi connectivity index (χ0) is 24.8. The number of non-ortho nitro benzene ring substituents is 1. The average molecular weight is 477 g/mol. The number of anilines is 2. The van der Waals surface area contributed by atoms with Gasteiger partial charge >= 0.3 is 6.18 Å². The minimum atomic E-state index is -4.75. The highest BCUT2D eigenvalue weighted by molar-refractivity contribution is 5.92. The average Bonchev–Trinajstić information content (AvgIpc) is 3.22. The molecule has 10 nitrogen and oxygen atoms in total. The van der Waals surface area contributed by atoms with Crippen LogP contribution in [0.5, 0.6) is 0 Å². The van der Waals surface area contributed by atoms with Crippen LogP contribution in [0.4, 0.5) is 30.5 Å². The van der Waals surface area contributed by atoms with Crippen molar-refractivity contribution in [2.45, 2.75) is 31.6 Å². The maximum Gasteiger partial charge on any atom is 0.416 e. The molecule has 2 aromatic heterocycles. The number of hydrogen-bond donors (Lipinski definition) is 2. The molecule has 3 N–H and O–H groups in total. The normalized spacial score (nSPS) is 17.2. The Hall–Kier alpha value is -3.74. The molecule has 1 aromatic carbocycles. The van der Waals surface area contributed by atoms with Crippen LogP contribution >= 0.6 is 0 Å². The highest BCUT2D eigenvalue weighted by Crippen LogP contribution is 2.35. The number of rotatable bonds is 5. The number of halogens is 3. The Morgan fingerprint density at radius 3 is 2.62 bits per heavy atom. The van der Waals surface area contributed by atoms with Gasteiger partial charge in [0.1, 0.15) is 5.82 Å². The fourth-order valence-electron chi connectivity index (χ4n) is 3.95. The summed E-state index contributed by atoms with van der Waals surface area (Å²) in [7, 11) is 1.44. The smallest absolute Gasteiger partial charge is 0.362 e. The number of fused-ring (bicyclic) bond motifs is 1. The molecule has 34 heavy (non-hydrogen) atoms. The van der Waals surface area contributed by atoms with Crippen molar-refractivity contribution in [3.63, 3.8) is 0 Å². The molecular formula is C21H22F3N7O3. The minimum Gasteiger partial charge on any atom is -0.362 e. The topological polar surface area (TPSA) is 132 Å². The monoisotopic (exact) mass is 477 g/mol. The molecular weight excluding hydrogens is 455 g/mol. The summed E-state index contributed by atoms with van der Waals surface area (Å²) in [5, 5.41) is 19.2. The zero-order valence-corrected chi connectivity index (χ0v) is 18.3. The highest BCUT2D eigenvalue weighted by atomic mass is 19.4. The lowest BCUT2D eigenvalue weighted by atomic mass is 10.0. The second-order valence-electron chi connectivity index (χ2n) is 8.29. The van der Waals surface area contributed by atoms with Gasteiger partial charge in [-0.15, -0.1) is 0 Å². The van der Waals surface area contributed by atoms with Crippen LogP contribution in [0.15, 0.2) is 35.3 Å². The predicted octanol–water partition coefficient (Wildman–Crippen LogP) is 2.97. The Morgan fingerprint density at radius 2 is 2.00 bits per heavy atom. The van der Waals surface area contributed by atoms with E-state index in [0.717, 1.165) is 23.2 Å². The van der Waals surface area contributed by atoms with Gasteiger partial charge in [0.2, 0.25) is 0 Å². The molecule has 4 rings (SSSR count). The van der Waals surface area contributed by atoms with Gasteiger partial charge in [0.05, 0.1) is 21.9 Å². The molecule has 1 aliphatic rings. The Labute approximate surface area is 191 Å². The number of alkyl halides is 3. The third-order valence-corrected chi connectivity index (χ3v) is 5.80. The van der Waals surface area contributed by atoms with Gasteiger partial charge in [-0.2, -0.15) is 18.3 Å². The molecule has 3 heterocycles. The number of hydrogen-bond acceptors (Lipinski definition) is 8. The lowest BCUT2D eigenvalue weighted by molar-refractivity contribution is -0.385. The number of pyridine rings is 1. The van der Waals surface area contributed by atoms with Crippen LogP contribution in [-0.4, -0.2) is 38.8 Å². The predicted molar refractivity (Wildman–Crippen MR) is 120 cm³/mol. The van der Waals surface area contributed by atoms with Crippen molar-refractivity contribution < 1.29 is 18.1 Å². The van der Waals surface area contributed by atoms with E-state index < -0.39 is 28.4 Å². The summed E-state index contributed by atoms with van der Waals surface area (Å²) in [6, 6.07) is 3.32. The van der Waals surface area contributed by atoms with E-state index in [4.69, 9.17) is 5.73 Å². The Morgan fingerprint density at radius 1 is 1.26 bits per heavy atom. The first-order chi connectivity index (χ1) is 15.9. The summed E-state index contributed by atoms with van der Waals surface area (Å²) in [5.74, 6) is 0.831. The molecule has 0 amide bonds. The number of nitro groups is 1. The molecule has 1 saturated heterocycles. The third kappa shape index (κ3) is 4.51. The standard InChI is InChI=1S/C21H22F3N7O3/c1-11(12-5-13(21(22,23)24)7-15(6-12)31(33)34)27-19-16-8-18(30-4-3-14(25)10-30)26-9-17(16)20(32)29(2)28-19/h5-9,11,14H,3-4,10,25H2,1-2H3,(H,27,28)/t11-,14-/m1/s1. The number of benzene rings is 1. The van der Waals surface area contributed by atoms with Crippen molar-refractivity contribution >= 4 is 28.1 Å². The number of aromatic nitrogens is 3. The Bertz CT molecular complexity index is 1330. The largest absolute Gasteiger partial charge is 0.416 e. The van der Waals surface area contributed by atoms with Gasteiger partial charge in [0.25, 0.3) is 11.2 Å². The lowest BCUT2D eigenvalue weighted by Gasteiger charge is -2.20. The summed E-state index contributed by atoms with van der Waals surface area (Å²) in [6.07, 6.45) is -2.52. The Balaban J connectivity index is 1.77. The molecule has 2 atom stereocenters. The summed E-state index contributed by atoms with van der Waals surface area (Å²) in [5.41, 5.74) is 3.84. The molecule has 0 saturated carbocycles. The molecule has 0 unspecified atom stereocenters. The van der Waals surface area contributed by atoms with Crippen LogP contribution in [0.1, 0.15) is 30.5 Å². The number of nitro benzene ring substituents is 1. The first-order valence-electron chi connectivity index (χ1n) is 10.4. The first-order valence-corrected chi connectivity index (χ1v) is 10.4. The van der Waals surface area contributed by atoms with Gasteiger partial charge in [-0.1, -0.05) is 0 Å². The molecule has 0 spiro atoms. The van der Waals surface area contributed by atoms with Gasteiger partial charge in [-0.05, 0) is 31.0 Å². The van der Waals surface area contributed by atoms with E-state index in [0.29, 0.717) is 30.4 Å². The SMILES string of the molecule is C[C@@H](Nc1nn(C)c(=O)c2cnc(N3CC[C@@H](N)C3)cc12)c1cc([N+](=O)[O-])cc(C(F)(F)F)c1. The van der Waals surface area contributed by atoms with E-state index in [1.807, 2.05) is 4.90 Å².